The number of benzene rings is 1. The van der Waals surface area contributed by atoms with E-state index >= 15 is 0 Å². The molecule has 5 nitrogen and oxygen atoms in total. The second-order valence-corrected chi connectivity index (χ2v) is 3.66. The maximum atomic E-state index is 10.0. The number of hydrogen-bond donors (Lipinski definition) is 1. The molecule has 0 bridgehead atoms. The highest BCUT2D eigenvalue weighted by molar-refractivity contribution is 5.73. The highest BCUT2D eigenvalue weighted by atomic mass is 16.6. The smallest absolute Gasteiger partial charge is 0.269 e. The molecule has 16 heavy (non-hydrogen) atoms. The second-order valence-electron chi connectivity index (χ2n) is 3.66. The highest BCUT2D eigenvalue weighted by Gasteiger charge is 1.98. The Morgan fingerprint density at radius 3 is 2.06 bits per heavy atom. The van der Waals surface area contributed by atoms with E-state index in [-0.39, 0.29) is 11.6 Å². The average molecular weight is 224 g/mol. The molecule has 0 radical (unpaired) electrons. The number of nitro benzene ring substituents is 1. The zero-order chi connectivity index (χ0) is 12.6. The number of carbonyl (C=O) groups excluding carboxylic acids is 1. The lowest BCUT2D eigenvalue weighted by Gasteiger charge is -1.95. The topological polar surface area (TPSA) is 86.2 Å². The van der Waals surface area contributed by atoms with Crippen molar-refractivity contribution in [1.29, 1.82) is 0 Å². The van der Waals surface area contributed by atoms with Gasteiger partial charge >= 0.3 is 0 Å². The molecule has 0 aliphatic heterocycles. The van der Waals surface area contributed by atoms with Gasteiger partial charge in [-0.1, -0.05) is 32.0 Å². The maximum Gasteiger partial charge on any atom is 0.269 e. The molecule has 0 saturated carbocycles. The van der Waals surface area contributed by atoms with Crippen molar-refractivity contribution in [3.63, 3.8) is 0 Å². The van der Waals surface area contributed by atoms with Gasteiger partial charge in [0, 0.05) is 18.6 Å². The van der Waals surface area contributed by atoms with E-state index in [4.69, 9.17) is 5.73 Å². The van der Waals surface area contributed by atoms with E-state index in [2.05, 4.69) is 0 Å². The fourth-order valence-electron chi connectivity index (χ4n) is 0.952. The molecular formula is C11H16N2O3. The molecule has 0 spiro atoms. The van der Waals surface area contributed by atoms with E-state index in [9.17, 15) is 14.9 Å². The molecule has 1 aromatic rings. The number of para-hydroxylation sites is 1. The Labute approximate surface area is 94.4 Å². The number of nitro groups is 1. The molecule has 0 saturated heterocycles. The van der Waals surface area contributed by atoms with E-state index < -0.39 is 4.92 Å². The fourth-order valence-corrected chi connectivity index (χ4v) is 0.952. The van der Waals surface area contributed by atoms with Gasteiger partial charge in [0.05, 0.1) is 4.92 Å². The van der Waals surface area contributed by atoms with Crippen LogP contribution in [-0.2, 0) is 4.79 Å². The normalized spacial score (nSPS) is 9.19. The van der Waals surface area contributed by atoms with Gasteiger partial charge in [-0.25, -0.2) is 0 Å². The fraction of sp³-hybridized carbons (Fsp3) is 0.364. The van der Waals surface area contributed by atoms with E-state index in [1.165, 1.54) is 12.1 Å². The summed E-state index contributed by atoms with van der Waals surface area (Å²) in [7, 11) is 0. The molecule has 88 valence electrons. The summed E-state index contributed by atoms with van der Waals surface area (Å²) in [5.74, 6) is 0.188. The zero-order valence-electron chi connectivity index (χ0n) is 9.42. The summed E-state index contributed by atoms with van der Waals surface area (Å²) in [6, 6.07) is 7.93. The quantitative estimate of drug-likeness (QED) is 0.630. The van der Waals surface area contributed by atoms with Gasteiger partial charge in [-0.2, -0.15) is 0 Å². The Morgan fingerprint density at radius 1 is 1.38 bits per heavy atom. The van der Waals surface area contributed by atoms with Crippen LogP contribution in [0.2, 0.25) is 0 Å². The molecule has 1 aromatic carbocycles. The van der Waals surface area contributed by atoms with E-state index in [1.54, 1.807) is 18.2 Å². The maximum absolute atomic E-state index is 10.0. The van der Waals surface area contributed by atoms with Crippen molar-refractivity contribution in [3.8, 4) is 0 Å². The molecule has 1 rings (SSSR count). The summed E-state index contributed by atoms with van der Waals surface area (Å²) in [5, 5.41) is 10.0. The Morgan fingerprint density at radius 2 is 1.88 bits per heavy atom. The third-order valence-corrected chi connectivity index (χ3v) is 1.58. The Hall–Kier alpha value is -1.91. The number of non-ortho nitro benzene ring substituents is 1. The van der Waals surface area contributed by atoms with Crippen LogP contribution in [0.25, 0.3) is 0 Å². The average Bonchev–Trinajstić information content (AvgIpc) is 2.17. The lowest BCUT2D eigenvalue weighted by molar-refractivity contribution is -0.384. The third-order valence-electron chi connectivity index (χ3n) is 1.58. The summed E-state index contributed by atoms with van der Waals surface area (Å²) in [6.07, 6.45) is 0.500. The first-order valence-electron chi connectivity index (χ1n) is 4.91. The largest absolute Gasteiger partial charge is 0.370 e. The van der Waals surface area contributed by atoms with Crippen molar-refractivity contribution in [2.75, 3.05) is 0 Å². The van der Waals surface area contributed by atoms with Crippen LogP contribution in [0.3, 0.4) is 0 Å². The first kappa shape index (κ1) is 14.1. The van der Waals surface area contributed by atoms with Crippen molar-refractivity contribution >= 4 is 11.6 Å². The minimum absolute atomic E-state index is 0.137. The highest BCUT2D eigenvalue weighted by Crippen LogP contribution is 2.06. The van der Waals surface area contributed by atoms with Crippen LogP contribution in [0.4, 0.5) is 5.69 Å². The van der Waals surface area contributed by atoms with Crippen molar-refractivity contribution in [1.82, 2.24) is 0 Å². The van der Waals surface area contributed by atoms with Gasteiger partial charge in [-0.05, 0) is 5.92 Å². The summed E-state index contributed by atoms with van der Waals surface area (Å²) >= 11 is 0. The number of carbonyl (C=O) groups is 1. The zero-order valence-corrected chi connectivity index (χ0v) is 9.42. The van der Waals surface area contributed by atoms with E-state index in [0.717, 1.165) is 0 Å². The SMILES string of the molecule is CC(C)CC(N)=O.O=[N+]([O-])c1ccccc1. The van der Waals surface area contributed by atoms with E-state index in [0.29, 0.717) is 12.3 Å². The summed E-state index contributed by atoms with van der Waals surface area (Å²) in [4.78, 5) is 19.6. The minimum atomic E-state index is -0.417. The monoisotopic (exact) mass is 224 g/mol. The minimum Gasteiger partial charge on any atom is -0.370 e. The Kier molecular flexibility index (Phi) is 6.51. The molecule has 0 aliphatic carbocycles. The molecule has 0 fully saturated rings. The predicted octanol–water partition coefficient (Wildman–Crippen LogP) is 2.11. The number of hydrogen-bond acceptors (Lipinski definition) is 3. The van der Waals surface area contributed by atoms with Crippen LogP contribution >= 0.6 is 0 Å². The second kappa shape index (κ2) is 7.39. The van der Waals surface area contributed by atoms with E-state index in [1.807, 2.05) is 13.8 Å². The molecule has 0 aliphatic rings. The first-order chi connectivity index (χ1) is 7.43. The van der Waals surface area contributed by atoms with Crippen LogP contribution in [0, 0.1) is 16.0 Å². The standard InChI is InChI=1S/C6H5NO2.C5H11NO/c8-7(9)6-4-2-1-3-5-6;1-4(2)3-5(6)7/h1-5H;4H,3H2,1-2H3,(H2,6,7). The number of nitrogens with two attached hydrogens (primary N) is 1. The van der Waals surface area contributed by atoms with Crippen LogP contribution < -0.4 is 5.73 Å². The van der Waals surface area contributed by atoms with Gasteiger partial charge in [0.1, 0.15) is 0 Å². The first-order valence-corrected chi connectivity index (χ1v) is 4.91. The Balaban J connectivity index is 0.000000293. The molecule has 0 unspecified atom stereocenters. The van der Waals surface area contributed by atoms with Crippen LogP contribution in [0.5, 0.6) is 0 Å². The molecule has 1 amide bonds. The van der Waals surface area contributed by atoms with Crippen molar-refractivity contribution in [2.45, 2.75) is 20.3 Å². The molecule has 5 heteroatoms. The van der Waals surface area contributed by atoms with Crippen LogP contribution in [0.15, 0.2) is 30.3 Å². The lowest BCUT2D eigenvalue weighted by Crippen LogP contribution is -2.12. The molecule has 2 N–H and O–H groups in total. The van der Waals surface area contributed by atoms with Gasteiger partial charge in [0.25, 0.3) is 5.69 Å². The number of amides is 1. The molecule has 0 heterocycles. The molecule has 0 aromatic heterocycles. The lowest BCUT2D eigenvalue weighted by atomic mass is 10.1. The summed E-state index contributed by atoms with van der Waals surface area (Å²) in [5.41, 5.74) is 4.99. The molecular weight excluding hydrogens is 208 g/mol. The van der Waals surface area contributed by atoms with Gasteiger partial charge in [-0.3, -0.25) is 14.9 Å². The van der Waals surface area contributed by atoms with Crippen molar-refractivity contribution in [3.05, 3.63) is 40.4 Å². The van der Waals surface area contributed by atoms with Crippen LogP contribution in [-0.4, -0.2) is 10.8 Å². The van der Waals surface area contributed by atoms with Crippen molar-refractivity contribution < 1.29 is 9.72 Å². The van der Waals surface area contributed by atoms with Gasteiger partial charge in [0.15, 0.2) is 0 Å². The molecule has 0 atom stereocenters. The third kappa shape index (κ3) is 7.49. The summed E-state index contributed by atoms with van der Waals surface area (Å²) < 4.78 is 0. The van der Waals surface area contributed by atoms with Crippen molar-refractivity contribution in [2.24, 2.45) is 11.7 Å². The predicted molar refractivity (Wildman–Crippen MR) is 61.7 cm³/mol. The summed E-state index contributed by atoms with van der Waals surface area (Å²) in [6.45, 7) is 3.93. The Bertz CT molecular complexity index is 336. The van der Waals surface area contributed by atoms with Crippen LogP contribution in [0.1, 0.15) is 20.3 Å². The number of primary amides is 1. The van der Waals surface area contributed by atoms with Gasteiger partial charge in [-0.15, -0.1) is 0 Å². The van der Waals surface area contributed by atoms with Gasteiger partial charge < -0.3 is 5.73 Å². The number of rotatable bonds is 3. The number of nitrogens with zero attached hydrogens (tertiary/aromatic N) is 1. The van der Waals surface area contributed by atoms with Gasteiger partial charge in [0.2, 0.25) is 5.91 Å².